The average Bonchev–Trinajstić information content (AvgIpc) is 3.15. The highest BCUT2D eigenvalue weighted by molar-refractivity contribution is 6.06. The van der Waals surface area contributed by atoms with Crippen LogP contribution in [0.5, 0.6) is 5.75 Å². The molecule has 0 bridgehead atoms. The Bertz CT molecular complexity index is 1130. The number of carbonyl (C=O) groups is 2. The smallest absolute Gasteiger partial charge is 0.165 e. The molecule has 37 heavy (non-hydrogen) atoms. The molecule has 1 heterocycles. The van der Waals surface area contributed by atoms with Gasteiger partial charge in [0.1, 0.15) is 12.4 Å². The first-order chi connectivity index (χ1) is 17.9. The quantitative estimate of drug-likeness (QED) is 0.497. The van der Waals surface area contributed by atoms with Crippen molar-refractivity contribution >= 4 is 17.6 Å². The Kier molecular flexibility index (Phi) is 6.65. The van der Waals surface area contributed by atoms with Crippen molar-refractivity contribution < 1.29 is 19.1 Å². The van der Waals surface area contributed by atoms with Gasteiger partial charge in [0.25, 0.3) is 0 Å². The van der Waals surface area contributed by atoms with E-state index in [0.29, 0.717) is 42.3 Å². The largest absolute Gasteiger partial charge is 0.492 e. The summed E-state index contributed by atoms with van der Waals surface area (Å²) < 4.78 is 11.5. The Morgan fingerprint density at radius 3 is 2.73 bits per heavy atom. The molecule has 4 fully saturated rings. The SMILES string of the molecule is C[C@]12CCC(=O)C=C1CC[C@@H]1[C@@H]2CC[C@]2(C)C(=O)/C(=C/c3cccc(OCCN4CCOCC4)c3)C[C@@H]12. The number of hydrogen-bond donors (Lipinski definition) is 0. The van der Waals surface area contributed by atoms with Gasteiger partial charge in [-0.05, 0) is 97.1 Å². The van der Waals surface area contributed by atoms with Crippen LogP contribution in [0.15, 0.2) is 41.5 Å². The second-order valence-electron chi connectivity index (χ2n) is 12.5. The van der Waals surface area contributed by atoms with Crippen molar-refractivity contribution in [2.75, 3.05) is 39.5 Å². The molecule has 1 saturated heterocycles. The van der Waals surface area contributed by atoms with Crippen LogP contribution < -0.4 is 4.74 Å². The first kappa shape index (κ1) is 25.1. The molecule has 5 atom stereocenters. The van der Waals surface area contributed by atoms with E-state index in [1.54, 1.807) is 0 Å². The molecule has 1 aromatic carbocycles. The molecule has 0 unspecified atom stereocenters. The first-order valence-corrected chi connectivity index (χ1v) is 14.4. The monoisotopic (exact) mass is 503 g/mol. The Balaban J connectivity index is 1.17. The third kappa shape index (κ3) is 4.52. The second-order valence-corrected chi connectivity index (χ2v) is 12.5. The maximum absolute atomic E-state index is 13.8. The number of rotatable bonds is 5. The van der Waals surface area contributed by atoms with Gasteiger partial charge in [-0.15, -0.1) is 0 Å². The normalized spacial score (nSPS) is 37.1. The van der Waals surface area contributed by atoms with Gasteiger partial charge in [-0.25, -0.2) is 0 Å². The summed E-state index contributed by atoms with van der Waals surface area (Å²) in [5, 5.41) is 0. The van der Waals surface area contributed by atoms with Gasteiger partial charge in [0, 0.05) is 31.5 Å². The number of nitrogens with zero attached hydrogens (tertiary/aromatic N) is 1. The van der Waals surface area contributed by atoms with Gasteiger partial charge in [0.15, 0.2) is 11.6 Å². The summed E-state index contributed by atoms with van der Waals surface area (Å²) in [6.07, 6.45) is 10.9. The summed E-state index contributed by atoms with van der Waals surface area (Å²) in [5.74, 6) is 3.10. The molecule has 1 aromatic rings. The number of allylic oxidation sites excluding steroid dienone is 2. The minimum absolute atomic E-state index is 0.139. The highest BCUT2D eigenvalue weighted by atomic mass is 16.5. The third-order valence-corrected chi connectivity index (χ3v) is 10.6. The van der Waals surface area contributed by atoms with E-state index in [1.165, 1.54) is 5.57 Å². The fraction of sp³-hybridized carbons (Fsp3) is 0.625. The van der Waals surface area contributed by atoms with E-state index in [-0.39, 0.29) is 10.8 Å². The van der Waals surface area contributed by atoms with Gasteiger partial charge < -0.3 is 9.47 Å². The molecule has 4 aliphatic carbocycles. The summed E-state index contributed by atoms with van der Waals surface area (Å²) in [5.41, 5.74) is 3.32. The topological polar surface area (TPSA) is 55.8 Å². The van der Waals surface area contributed by atoms with E-state index >= 15 is 0 Å². The molecule has 1 aliphatic heterocycles. The van der Waals surface area contributed by atoms with E-state index < -0.39 is 0 Å². The predicted molar refractivity (Wildman–Crippen MR) is 144 cm³/mol. The van der Waals surface area contributed by atoms with Crippen molar-refractivity contribution in [2.24, 2.45) is 28.6 Å². The lowest BCUT2D eigenvalue weighted by atomic mass is 9.47. The summed E-state index contributed by atoms with van der Waals surface area (Å²) >= 11 is 0. The van der Waals surface area contributed by atoms with Crippen molar-refractivity contribution in [3.63, 3.8) is 0 Å². The van der Waals surface area contributed by atoms with E-state index in [0.717, 1.165) is 88.3 Å². The summed E-state index contributed by atoms with van der Waals surface area (Å²) in [6, 6.07) is 8.19. The standard InChI is InChI=1S/C32H41NO4/c1-31-10-8-25(34)21-24(31)6-7-27-28(31)9-11-32(2)29(27)20-23(30(32)35)18-22-4-3-5-26(19-22)37-17-14-33-12-15-36-16-13-33/h3-5,18-19,21,27-29H,6-17,20H2,1-2H3/b23-18+/t27-,28+,29+,31+,32+/m1/s1. The van der Waals surface area contributed by atoms with E-state index in [1.807, 2.05) is 18.2 Å². The molecule has 198 valence electrons. The minimum atomic E-state index is -0.249. The molecule has 6 rings (SSSR count). The van der Waals surface area contributed by atoms with Crippen LogP contribution in [0.25, 0.3) is 6.08 Å². The Labute approximate surface area is 221 Å². The molecule has 0 spiro atoms. The number of ketones is 2. The zero-order chi connectivity index (χ0) is 25.6. The Morgan fingerprint density at radius 2 is 1.89 bits per heavy atom. The van der Waals surface area contributed by atoms with Crippen molar-refractivity contribution in [1.82, 2.24) is 4.90 Å². The van der Waals surface area contributed by atoms with Crippen LogP contribution in [0, 0.1) is 28.6 Å². The summed E-state index contributed by atoms with van der Waals surface area (Å²) in [7, 11) is 0. The number of benzene rings is 1. The molecule has 0 amide bonds. The number of morpholine rings is 1. The number of Topliss-reactive ketones (excluding diaryl/α,β-unsaturated/α-hetero) is 1. The molecule has 5 nitrogen and oxygen atoms in total. The molecule has 3 saturated carbocycles. The maximum Gasteiger partial charge on any atom is 0.165 e. The van der Waals surface area contributed by atoms with E-state index in [2.05, 4.69) is 37.0 Å². The van der Waals surface area contributed by atoms with Crippen molar-refractivity contribution in [3.05, 3.63) is 47.1 Å². The Hall–Kier alpha value is -2.24. The van der Waals surface area contributed by atoms with E-state index in [4.69, 9.17) is 9.47 Å². The van der Waals surface area contributed by atoms with Crippen molar-refractivity contribution in [1.29, 1.82) is 0 Å². The van der Waals surface area contributed by atoms with Crippen molar-refractivity contribution in [3.8, 4) is 5.75 Å². The van der Waals surface area contributed by atoms with Gasteiger partial charge in [-0.1, -0.05) is 31.6 Å². The van der Waals surface area contributed by atoms with Crippen molar-refractivity contribution in [2.45, 2.75) is 58.8 Å². The number of fused-ring (bicyclic) bond motifs is 5. The molecular formula is C32H41NO4. The number of carbonyl (C=O) groups excluding carboxylic acids is 2. The van der Waals surface area contributed by atoms with Gasteiger partial charge in [0.2, 0.25) is 0 Å². The lowest BCUT2D eigenvalue weighted by Gasteiger charge is -2.56. The molecule has 0 aromatic heterocycles. The van der Waals surface area contributed by atoms with Crippen LogP contribution in [0.4, 0.5) is 0 Å². The maximum atomic E-state index is 13.8. The molecule has 5 aliphatic rings. The number of hydrogen-bond acceptors (Lipinski definition) is 5. The molecular weight excluding hydrogens is 462 g/mol. The first-order valence-electron chi connectivity index (χ1n) is 14.4. The lowest BCUT2D eigenvalue weighted by molar-refractivity contribution is -0.130. The zero-order valence-corrected chi connectivity index (χ0v) is 22.5. The van der Waals surface area contributed by atoms with Crippen LogP contribution >= 0.6 is 0 Å². The highest BCUT2D eigenvalue weighted by Gasteiger charge is 2.60. The minimum Gasteiger partial charge on any atom is -0.492 e. The third-order valence-electron chi connectivity index (χ3n) is 10.6. The van der Waals surface area contributed by atoms with E-state index in [9.17, 15) is 9.59 Å². The van der Waals surface area contributed by atoms with Gasteiger partial charge in [0.05, 0.1) is 13.2 Å². The predicted octanol–water partition coefficient (Wildman–Crippen LogP) is 5.49. The lowest BCUT2D eigenvalue weighted by Crippen LogP contribution is -2.50. The number of ether oxygens (including phenoxy) is 2. The molecule has 5 heteroatoms. The summed E-state index contributed by atoms with van der Waals surface area (Å²) in [6.45, 7) is 9.74. The average molecular weight is 504 g/mol. The van der Waals surface area contributed by atoms with Gasteiger partial charge in [-0.3, -0.25) is 14.5 Å². The highest BCUT2D eigenvalue weighted by Crippen LogP contribution is 2.65. The van der Waals surface area contributed by atoms with Gasteiger partial charge >= 0.3 is 0 Å². The molecule has 0 radical (unpaired) electrons. The fourth-order valence-electron chi connectivity index (χ4n) is 8.37. The second kappa shape index (κ2) is 9.81. The van der Waals surface area contributed by atoms with Crippen LogP contribution in [-0.2, 0) is 14.3 Å². The molecule has 0 N–H and O–H groups in total. The zero-order valence-electron chi connectivity index (χ0n) is 22.5. The Morgan fingerprint density at radius 1 is 1.05 bits per heavy atom. The van der Waals surface area contributed by atoms with Crippen LogP contribution in [0.1, 0.15) is 64.4 Å². The van der Waals surface area contributed by atoms with Gasteiger partial charge in [-0.2, -0.15) is 0 Å². The van der Waals surface area contributed by atoms with Crippen LogP contribution in [-0.4, -0.2) is 55.9 Å². The summed E-state index contributed by atoms with van der Waals surface area (Å²) in [4.78, 5) is 28.3. The fourth-order valence-corrected chi connectivity index (χ4v) is 8.37. The van der Waals surface area contributed by atoms with Crippen LogP contribution in [0.3, 0.4) is 0 Å². The van der Waals surface area contributed by atoms with Crippen LogP contribution in [0.2, 0.25) is 0 Å².